The van der Waals surface area contributed by atoms with E-state index in [1.54, 1.807) is 6.07 Å². The molecule has 2 fully saturated rings. The van der Waals surface area contributed by atoms with Crippen molar-refractivity contribution in [1.82, 2.24) is 5.32 Å². The standard InChI is InChI=1S/C17H20N2O2/c20-16-8-12-5-6-13(7-15(12)19-16)17(21)18-9-14(10-1-2-10)11-3-4-11/h5-7,10-11,14H,1-4,8-9H2,(H,18,21)(H,19,20). The molecule has 2 N–H and O–H groups in total. The Bertz CT molecular complexity index is 591. The van der Waals surface area contributed by atoms with Crippen LogP contribution >= 0.6 is 0 Å². The Labute approximate surface area is 124 Å². The van der Waals surface area contributed by atoms with Gasteiger partial charge in [0.15, 0.2) is 0 Å². The lowest BCUT2D eigenvalue weighted by Crippen LogP contribution is -2.31. The fourth-order valence-corrected chi connectivity index (χ4v) is 3.44. The van der Waals surface area contributed by atoms with Crippen molar-refractivity contribution in [1.29, 1.82) is 0 Å². The molecule has 1 aromatic carbocycles. The molecule has 0 spiro atoms. The quantitative estimate of drug-likeness (QED) is 0.872. The van der Waals surface area contributed by atoms with E-state index in [0.29, 0.717) is 17.9 Å². The topological polar surface area (TPSA) is 58.2 Å². The number of carbonyl (C=O) groups excluding carboxylic acids is 2. The molecule has 0 aromatic heterocycles. The van der Waals surface area contributed by atoms with Crippen molar-refractivity contribution in [2.45, 2.75) is 32.1 Å². The smallest absolute Gasteiger partial charge is 0.251 e. The van der Waals surface area contributed by atoms with Gasteiger partial charge in [-0.3, -0.25) is 9.59 Å². The van der Waals surface area contributed by atoms with Gasteiger partial charge in [-0.1, -0.05) is 6.07 Å². The zero-order chi connectivity index (χ0) is 14.4. The van der Waals surface area contributed by atoms with Crippen LogP contribution in [0.1, 0.15) is 41.6 Å². The van der Waals surface area contributed by atoms with Crippen molar-refractivity contribution in [2.75, 3.05) is 11.9 Å². The van der Waals surface area contributed by atoms with Gasteiger partial charge in [0.25, 0.3) is 5.91 Å². The Morgan fingerprint density at radius 2 is 1.95 bits per heavy atom. The lowest BCUT2D eigenvalue weighted by molar-refractivity contribution is -0.115. The fraction of sp³-hybridized carbons (Fsp3) is 0.529. The summed E-state index contributed by atoms with van der Waals surface area (Å²) in [7, 11) is 0. The molecule has 1 aliphatic heterocycles. The summed E-state index contributed by atoms with van der Waals surface area (Å²) in [6.07, 6.45) is 5.76. The molecule has 110 valence electrons. The van der Waals surface area contributed by atoms with Gasteiger partial charge in [0.1, 0.15) is 0 Å². The van der Waals surface area contributed by atoms with E-state index in [1.165, 1.54) is 25.7 Å². The number of fused-ring (bicyclic) bond motifs is 1. The van der Waals surface area contributed by atoms with Gasteiger partial charge in [0.05, 0.1) is 6.42 Å². The number of rotatable bonds is 5. The van der Waals surface area contributed by atoms with Crippen molar-refractivity contribution in [3.8, 4) is 0 Å². The first-order valence-electron chi connectivity index (χ1n) is 7.91. The summed E-state index contributed by atoms with van der Waals surface area (Å²) in [6.45, 7) is 0.803. The molecule has 4 nitrogen and oxygen atoms in total. The van der Waals surface area contributed by atoms with E-state index in [-0.39, 0.29) is 11.8 Å². The van der Waals surface area contributed by atoms with E-state index in [4.69, 9.17) is 0 Å². The first kappa shape index (κ1) is 12.9. The summed E-state index contributed by atoms with van der Waals surface area (Å²) in [5, 5.41) is 5.89. The highest BCUT2D eigenvalue weighted by atomic mass is 16.2. The molecule has 1 aromatic rings. The molecule has 0 unspecified atom stereocenters. The van der Waals surface area contributed by atoms with E-state index in [0.717, 1.165) is 29.6 Å². The van der Waals surface area contributed by atoms with Gasteiger partial charge >= 0.3 is 0 Å². The Kier molecular flexibility index (Phi) is 2.98. The predicted molar refractivity (Wildman–Crippen MR) is 80.0 cm³/mol. The minimum Gasteiger partial charge on any atom is -0.352 e. The van der Waals surface area contributed by atoms with E-state index < -0.39 is 0 Å². The van der Waals surface area contributed by atoms with Crippen molar-refractivity contribution in [3.63, 3.8) is 0 Å². The van der Waals surface area contributed by atoms with Gasteiger partial charge in [-0.2, -0.15) is 0 Å². The minimum absolute atomic E-state index is 0.00471. The summed E-state index contributed by atoms with van der Waals surface area (Å²) in [6, 6.07) is 5.48. The highest BCUT2D eigenvalue weighted by Crippen LogP contribution is 2.48. The average molecular weight is 284 g/mol. The van der Waals surface area contributed by atoms with Crippen LogP contribution in [-0.4, -0.2) is 18.4 Å². The molecule has 2 aliphatic carbocycles. The Balaban J connectivity index is 1.40. The maximum Gasteiger partial charge on any atom is 0.251 e. The predicted octanol–water partition coefficient (Wildman–Crippen LogP) is 2.35. The lowest BCUT2D eigenvalue weighted by atomic mass is 9.98. The van der Waals surface area contributed by atoms with Crippen molar-refractivity contribution < 1.29 is 9.59 Å². The minimum atomic E-state index is -0.0229. The van der Waals surface area contributed by atoms with Gasteiger partial charge in [-0.15, -0.1) is 0 Å². The maximum atomic E-state index is 12.3. The monoisotopic (exact) mass is 284 g/mol. The van der Waals surface area contributed by atoms with Crippen LogP contribution in [0.25, 0.3) is 0 Å². The van der Waals surface area contributed by atoms with E-state index in [9.17, 15) is 9.59 Å². The SMILES string of the molecule is O=C1Cc2ccc(C(=O)NCC(C3CC3)C3CC3)cc2N1. The van der Waals surface area contributed by atoms with Crippen LogP contribution in [-0.2, 0) is 11.2 Å². The van der Waals surface area contributed by atoms with Gasteiger partial charge in [0, 0.05) is 17.8 Å². The number of benzene rings is 1. The van der Waals surface area contributed by atoms with Crippen LogP contribution in [0.5, 0.6) is 0 Å². The number of carbonyl (C=O) groups is 2. The van der Waals surface area contributed by atoms with Gasteiger partial charge in [0.2, 0.25) is 5.91 Å². The van der Waals surface area contributed by atoms with Crippen LogP contribution in [0, 0.1) is 17.8 Å². The molecule has 0 atom stereocenters. The van der Waals surface area contributed by atoms with Crippen LogP contribution in [0.4, 0.5) is 5.69 Å². The van der Waals surface area contributed by atoms with Gasteiger partial charge < -0.3 is 10.6 Å². The molecule has 0 saturated heterocycles. The molecule has 21 heavy (non-hydrogen) atoms. The highest BCUT2D eigenvalue weighted by Gasteiger charge is 2.41. The third-order valence-corrected chi connectivity index (χ3v) is 4.95. The fourth-order valence-electron chi connectivity index (χ4n) is 3.44. The van der Waals surface area contributed by atoms with Crippen LogP contribution < -0.4 is 10.6 Å². The Morgan fingerprint density at radius 3 is 2.62 bits per heavy atom. The van der Waals surface area contributed by atoms with E-state index in [2.05, 4.69) is 10.6 Å². The third kappa shape index (κ3) is 2.67. The molecule has 0 radical (unpaired) electrons. The normalized spacial score (nSPS) is 20.3. The zero-order valence-corrected chi connectivity index (χ0v) is 12.0. The summed E-state index contributed by atoms with van der Waals surface area (Å²) >= 11 is 0. The number of hydrogen-bond donors (Lipinski definition) is 2. The average Bonchev–Trinajstić information content (AvgIpc) is 3.36. The second-order valence-electron chi connectivity index (χ2n) is 6.65. The van der Waals surface area contributed by atoms with Crippen molar-refractivity contribution in [3.05, 3.63) is 29.3 Å². The van der Waals surface area contributed by atoms with Crippen LogP contribution in [0.3, 0.4) is 0 Å². The molecule has 2 saturated carbocycles. The summed E-state index contributed by atoms with van der Waals surface area (Å²) in [5.74, 6) is 2.35. The molecule has 1 heterocycles. The largest absolute Gasteiger partial charge is 0.352 e. The molecular weight excluding hydrogens is 264 g/mol. The van der Waals surface area contributed by atoms with E-state index in [1.807, 2.05) is 12.1 Å². The maximum absolute atomic E-state index is 12.3. The van der Waals surface area contributed by atoms with Crippen molar-refractivity contribution >= 4 is 17.5 Å². The first-order chi connectivity index (χ1) is 10.2. The van der Waals surface area contributed by atoms with E-state index >= 15 is 0 Å². The summed E-state index contributed by atoms with van der Waals surface area (Å²) in [4.78, 5) is 23.6. The summed E-state index contributed by atoms with van der Waals surface area (Å²) in [5.41, 5.74) is 2.40. The number of amides is 2. The number of hydrogen-bond acceptors (Lipinski definition) is 2. The molecule has 3 aliphatic rings. The molecule has 0 bridgehead atoms. The first-order valence-corrected chi connectivity index (χ1v) is 7.91. The second-order valence-corrected chi connectivity index (χ2v) is 6.65. The Morgan fingerprint density at radius 1 is 1.24 bits per heavy atom. The third-order valence-electron chi connectivity index (χ3n) is 4.95. The molecule has 4 heteroatoms. The van der Waals surface area contributed by atoms with Crippen LogP contribution in [0.2, 0.25) is 0 Å². The van der Waals surface area contributed by atoms with Gasteiger partial charge in [-0.25, -0.2) is 0 Å². The zero-order valence-electron chi connectivity index (χ0n) is 12.0. The lowest BCUT2D eigenvalue weighted by Gasteiger charge is -2.16. The summed E-state index contributed by atoms with van der Waals surface area (Å²) < 4.78 is 0. The molecule has 2 amide bonds. The van der Waals surface area contributed by atoms with Gasteiger partial charge in [-0.05, 0) is 61.1 Å². The van der Waals surface area contributed by atoms with Crippen LogP contribution in [0.15, 0.2) is 18.2 Å². The number of anilines is 1. The second kappa shape index (κ2) is 4.86. The van der Waals surface area contributed by atoms with Crippen molar-refractivity contribution in [2.24, 2.45) is 17.8 Å². The number of nitrogens with one attached hydrogen (secondary N) is 2. The highest BCUT2D eigenvalue weighted by molar-refractivity contribution is 6.02. The molecule has 4 rings (SSSR count). The Hall–Kier alpha value is -1.84. The molecular formula is C17H20N2O2.